The lowest BCUT2D eigenvalue weighted by atomic mass is 9.95. The Hall–Kier alpha value is -2.57. The lowest BCUT2D eigenvalue weighted by molar-refractivity contribution is -0.121. The average molecular weight is 481 g/mol. The van der Waals surface area contributed by atoms with Crippen molar-refractivity contribution in [3.8, 4) is 11.5 Å². The fourth-order valence-corrected chi connectivity index (χ4v) is 5.60. The van der Waals surface area contributed by atoms with Crippen LogP contribution in [-0.2, 0) is 22.5 Å². The Balaban J connectivity index is 1.31. The number of piperidine rings is 1. The highest BCUT2D eigenvalue weighted by Crippen LogP contribution is 2.38. The molecule has 6 nitrogen and oxygen atoms in total. The fraction of sp³-hybridized carbons (Fsp3) is 0.552. The molecule has 4 rings (SSSR count). The average Bonchev–Trinajstić information content (AvgIpc) is 3.07. The molecule has 0 aromatic heterocycles. The van der Waals surface area contributed by atoms with Crippen molar-refractivity contribution in [2.75, 3.05) is 26.9 Å². The van der Waals surface area contributed by atoms with Gasteiger partial charge in [0.2, 0.25) is 5.91 Å². The zero-order valence-corrected chi connectivity index (χ0v) is 21.6. The summed E-state index contributed by atoms with van der Waals surface area (Å²) in [7, 11) is 1.69. The molecule has 1 amide bonds. The number of carbonyl (C=O) groups excluding carboxylic acids is 1. The first-order chi connectivity index (χ1) is 17.0. The van der Waals surface area contributed by atoms with Gasteiger partial charge in [0, 0.05) is 31.8 Å². The van der Waals surface area contributed by atoms with E-state index in [1.165, 1.54) is 29.5 Å². The first kappa shape index (κ1) is 25.5. The van der Waals surface area contributed by atoms with Gasteiger partial charge < -0.3 is 19.5 Å². The Kier molecular flexibility index (Phi) is 8.69. The maximum atomic E-state index is 12.7. The van der Waals surface area contributed by atoms with Crippen LogP contribution in [-0.4, -0.2) is 55.9 Å². The smallest absolute Gasteiger partial charge is 0.224 e. The quantitative estimate of drug-likeness (QED) is 0.477. The van der Waals surface area contributed by atoms with Crippen LogP contribution in [0.1, 0.15) is 54.9 Å². The van der Waals surface area contributed by atoms with E-state index in [9.17, 15) is 4.79 Å². The molecule has 2 aromatic rings. The highest BCUT2D eigenvalue weighted by molar-refractivity contribution is 5.78. The Morgan fingerprint density at radius 2 is 1.69 bits per heavy atom. The van der Waals surface area contributed by atoms with Crippen molar-refractivity contribution >= 4 is 5.91 Å². The lowest BCUT2D eigenvalue weighted by Gasteiger charge is -2.39. The molecule has 6 heteroatoms. The molecule has 2 heterocycles. The minimum Gasteiger partial charge on any atom is -0.494 e. The Morgan fingerprint density at radius 1 is 0.971 bits per heavy atom. The van der Waals surface area contributed by atoms with E-state index in [0.717, 1.165) is 36.4 Å². The minimum absolute atomic E-state index is 0.113. The molecule has 35 heavy (non-hydrogen) atoms. The van der Waals surface area contributed by atoms with Gasteiger partial charge in [0.1, 0.15) is 18.1 Å². The normalized spacial score (nSPS) is 21.7. The van der Waals surface area contributed by atoms with Gasteiger partial charge in [-0.05, 0) is 86.9 Å². The predicted molar refractivity (Wildman–Crippen MR) is 138 cm³/mol. The molecule has 2 bridgehead atoms. The van der Waals surface area contributed by atoms with E-state index >= 15 is 0 Å². The molecule has 2 unspecified atom stereocenters. The molecular weight excluding hydrogens is 440 g/mol. The van der Waals surface area contributed by atoms with Crippen LogP contribution in [0.5, 0.6) is 11.5 Å². The van der Waals surface area contributed by atoms with Gasteiger partial charge in [-0.1, -0.05) is 18.2 Å². The summed E-state index contributed by atoms with van der Waals surface area (Å²) in [5.74, 6) is 1.90. The van der Waals surface area contributed by atoms with Gasteiger partial charge in [0.15, 0.2) is 0 Å². The van der Waals surface area contributed by atoms with Crippen molar-refractivity contribution in [1.29, 1.82) is 0 Å². The number of nitrogens with zero attached hydrogens (tertiary/aromatic N) is 1. The maximum Gasteiger partial charge on any atom is 0.224 e. The fourth-order valence-electron chi connectivity index (χ4n) is 5.60. The third kappa shape index (κ3) is 6.36. The summed E-state index contributed by atoms with van der Waals surface area (Å²) in [5, 5.41) is 3.32. The van der Waals surface area contributed by atoms with Crippen molar-refractivity contribution in [1.82, 2.24) is 10.2 Å². The summed E-state index contributed by atoms with van der Waals surface area (Å²) in [6, 6.07) is 13.5. The Bertz CT molecular complexity index is 977. The van der Waals surface area contributed by atoms with E-state index < -0.39 is 0 Å². The second-order valence-electron chi connectivity index (χ2n) is 9.86. The number of methoxy groups -OCH3 is 1. The molecule has 2 atom stereocenters. The summed E-state index contributed by atoms with van der Waals surface area (Å²) in [6.45, 7) is 9.08. The molecular formula is C29H40N2O4. The van der Waals surface area contributed by atoms with Crippen LogP contribution in [0.4, 0.5) is 0 Å². The molecule has 2 aliphatic heterocycles. The largest absolute Gasteiger partial charge is 0.494 e. The van der Waals surface area contributed by atoms with E-state index in [2.05, 4.69) is 36.2 Å². The van der Waals surface area contributed by atoms with Crippen molar-refractivity contribution in [2.45, 2.75) is 77.5 Å². The van der Waals surface area contributed by atoms with E-state index in [1.807, 2.05) is 31.2 Å². The number of hydrogen-bond donors (Lipinski definition) is 1. The first-order valence-electron chi connectivity index (χ1n) is 13.0. The maximum absolute atomic E-state index is 12.7. The van der Waals surface area contributed by atoms with Gasteiger partial charge in [0.05, 0.1) is 19.6 Å². The molecule has 0 saturated carbocycles. The minimum atomic E-state index is 0.113. The van der Waals surface area contributed by atoms with Crippen LogP contribution in [0.3, 0.4) is 0 Å². The molecule has 0 radical (unpaired) electrons. The number of nitrogens with one attached hydrogen (secondary N) is 1. The van der Waals surface area contributed by atoms with Crippen molar-refractivity contribution < 1.29 is 19.0 Å². The van der Waals surface area contributed by atoms with Gasteiger partial charge in [-0.25, -0.2) is 0 Å². The Morgan fingerprint density at radius 3 is 2.34 bits per heavy atom. The van der Waals surface area contributed by atoms with Crippen LogP contribution in [0, 0.1) is 13.8 Å². The van der Waals surface area contributed by atoms with Crippen molar-refractivity contribution in [3.05, 3.63) is 58.7 Å². The van der Waals surface area contributed by atoms with Crippen LogP contribution < -0.4 is 14.8 Å². The van der Waals surface area contributed by atoms with Crippen LogP contribution in [0.25, 0.3) is 0 Å². The topological polar surface area (TPSA) is 60.0 Å². The first-order valence-corrected chi connectivity index (χ1v) is 13.0. The molecule has 2 saturated heterocycles. The highest BCUT2D eigenvalue weighted by atomic mass is 16.5. The molecule has 1 N–H and O–H groups in total. The third-order valence-corrected chi connectivity index (χ3v) is 7.60. The molecule has 2 aliphatic rings. The molecule has 2 fully saturated rings. The standard InChI is InChI=1S/C29H40N2O4/c1-5-34-27-11-6-22(7-12-27)16-29(32)30-24-17-25-9-10-26(18-24)31(25)19-23-8-13-28(21(3)20(23)2)35-15-14-33-4/h6-8,11-13,24-26H,5,9-10,14-19H2,1-4H3,(H,30,32). The van der Waals surface area contributed by atoms with E-state index in [0.29, 0.717) is 38.3 Å². The number of rotatable bonds is 11. The second-order valence-corrected chi connectivity index (χ2v) is 9.86. The van der Waals surface area contributed by atoms with Gasteiger partial charge in [-0.3, -0.25) is 9.69 Å². The highest BCUT2D eigenvalue weighted by Gasteiger charge is 2.41. The monoisotopic (exact) mass is 480 g/mol. The van der Waals surface area contributed by atoms with Gasteiger partial charge in [0.25, 0.3) is 0 Å². The van der Waals surface area contributed by atoms with Crippen LogP contribution in [0.15, 0.2) is 36.4 Å². The number of fused-ring (bicyclic) bond motifs is 2. The Labute approximate surface area is 209 Å². The zero-order valence-electron chi connectivity index (χ0n) is 21.6. The third-order valence-electron chi connectivity index (χ3n) is 7.60. The second kappa shape index (κ2) is 11.9. The summed E-state index contributed by atoms with van der Waals surface area (Å²) in [6.07, 6.45) is 4.90. The van der Waals surface area contributed by atoms with Crippen molar-refractivity contribution in [2.24, 2.45) is 0 Å². The van der Waals surface area contributed by atoms with Gasteiger partial charge in [-0.2, -0.15) is 0 Å². The summed E-state index contributed by atoms with van der Waals surface area (Å²) >= 11 is 0. The number of benzene rings is 2. The molecule has 190 valence electrons. The van der Waals surface area contributed by atoms with Gasteiger partial charge >= 0.3 is 0 Å². The summed E-state index contributed by atoms with van der Waals surface area (Å²) in [4.78, 5) is 15.4. The van der Waals surface area contributed by atoms with E-state index in [1.54, 1.807) is 7.11 Å². The molecule has 0 spiro atoms. The zero-order chi connectivity index (χ0) is 24.8. The van der Waals surface area contributed by atoms with E-state index in [-0.39, 0.29) is 11.9 Å². The van der Waals surface area contributed by atoms with Crippen LogP contribution in [0.2, 0.25) is 0 Å². The number of ether oxygens (including phenoxy) is 3. The number of amides is 1. The lowest BCUT2D eigenvalue weighted by Crippen LogP contribution is -2.50. The number of carbonyl (C=O) groups is 1. The summed E-state index contributed by atoms with van der Waals surface area (Å²) in [5.41, 5.74) is 4.91. The molecule has 0 aliphatic carbocycles. The van der Waals surface area contributed by atoms with E-state index in [4.69, 9.17) is 14.2 Å². The van der Waals surface area contributed by atoms with Gasteiger partial charge in [-0.15, -0.1) is 0 Å². The summed E-state index contributed by atoms with van der Waals surface area (Å²) < 4.78 is 16.5. The SMILES string of the molecule is CCOc1ccc(CC(=O)NC2CC3CCC(C2)N3Cc2ccc(OCCOC)c(C)c2C)cc1. The predicted octanol–water partition coefficient (Wildman–Crippen LogP) is 4.58. The molecule has 2 aromatic carbocycles. The van der Waals surface area contributed by atoms with Crippen LogP contribution >= 0.6 is 0 Å². The van der Waals surface area contributed by atoms with Crippen molar-refractivity contribution in [3.63, 3.8) is 0 Å². The number of hydrogen-bond acceptors (Lipinski definition) is 5.